The van der Waals surface area contributed by atoms with Gasteiger partial charge in [0, 0.05) is 24.8 Å². The zero-order valence-electron chi connectivity index (χ0n) is 13.4. The fourth-order valence-electron chi connectivity index (χ4n) is 3.34. The molecule has 0 unspecified atom stereocenters. The van der Waals surface area contributed by atoms with Gasteiger partial charge in [-0.25, -0.2) is 4.79 Å². The van der Waals surface area contributed by atoms with Crippen LogP contribution in [0.2, 0.25) is 0 Å². The van der Waals surface area contributed by atoms with Crippen LogP contribution in [0, 0.1) is 11.8 Å². The second-order valence-corrected chi connectivity index (χ2v) is 6.33. The smallest absolute Gasteiger partial charge is 0.334 e. The van der Waals surface area contributed by atoms with Crippen molar-refractivity contribution in [2.75, 3.05) is 0 Å². The van der Waals surface area contributed by atoms with Gasteiger partial charge in [0.05, 0.1) is 6.10 Å². The second-order valence-electron chi connectivity index (χ2n) is 6.33. The van der Waals surface area contributed by atoms with Crippen molar-refractivity contribution in [1.82, 2.24) is 0 Å². The van der Waals surface area contributed by atoms with Crippen LogP contribution in [0.25, 0.3) is 0 Å². The van der Waals surface area contributed by atoms with Gasteiger partial charge in [-0.05, 0) is 31.3 Å². The van der Waals surface area contributed by atoms with Gasteiger partial charge in [0.15, 0.2) is 0 Å². The molecule has 0 radical (unpaired) electrons. The summed E-state index contributed by atoms with van der Waals surface area (Å²) in [6, 6.07) is 0. The fourth-order valence-corrected chi connectivity index (χ4v) is 3.34. The predicted molar refractivity (Wildman–Crippen MR) is 80.8 cm³/mol. The molecule has 0 aromatic rings. The van der Waals surface area contributed by atoms with E-state index in [9.17, 15) is 14.7 Å². The molecule has 0 saturated carbocycles. The van der Waals surface area contributed by atoms with Gasteiger partial charge in [-0.2, -0.15) is 0 Å². The van der Waals surface area contributed by atoms with Gasteiger partial charge < -0.3 is 14.6 Å². The standard InChI is InChI=1S/C17H24O5/c1-9-7-15-14(11(3)17(20)22-15)6-5-13(9)16(8-10(2)18)21-12(4)19/h5,9-10,14-16,18H,3,6-8H2,1-2,4H3/t9-,10+,14+,15-,16-/m0/s1. The molecule has 0 aromatic carbocycles. The van der Waals surface area contributed by atoms with E-state index in [0.29, 0.717) is 24.8 Å². The average Bonchev–Trinajstić information content (AvgIpc) is 2.56. The Morgan fingerprint density at radius 3 is 2.86 bits per heavy atom. The molecule has 0 aromatic heterocycles. The molecule has 0 amide bonds. The van der Waals surface area contributed by atoms with Crippen molar-refractivity contribution in [3.8, 4) is 0 Å². The summed E-state index contributed by atoms with van der Waals surface area (Å²) in [5.41, 5.74) is 1.52. The maximum atomic E-state index is 11.6. The lowest BCUT2D eigenvalue weighted by Gasteiger charge is -2.26. The number of carbonyl (C=O) groups is 2. The minimum absolute atomic E-state index is 0.00280. The van der Waals surface area contributed by atoms with Crippen LogP contribution in [0.1, 0.15) is 40.0 Å². The van der Waals surface area contributed by atoms with Crippen LogP contribution >= 0.6 is 0 Å². The normalized spacial score (nSPS) is 30.7. The second kappa shape index (κ2) is 6.65. The Balaban J connectivity index is 2.21. The molecular weight excluding hydrogens is 284 g/mol. The number of aliphatic hydroxyl groups is 1. The third kappa shape index (κ3) is 3.58. The number of ether oxygens (including phenoxy) is 2. The van der Waals surface area contributed by atoms with E-state index in [2.05, 4.69) is 6.58 Å². The Morgan fingerprint density at radius 2 is 2.27 bits per heavy atom. The van der Waals surface area contributed by atoms with Crippen molar-refractivity contribution in [2.24, 2.45) is 11.8 Å². The Hall–Kier alpha value is -1.62. The summed E-state index contributed by atoms with van der Waals surface area (Å²) < 4.78 is 10.8. The SMILES string of the molecule is C=C1C(=O)O[C@H]2C[C@H](C)C([C@H](C[C@@H](C)O)OC(C)=O)=CC[C@H]12. The number of hydrogen-bond acceptors (Lipinski definition) is 5. The van der Waals surface area contributed by atoms with Crippen LogP contribution in [-0.2, 0) is 19.1 Å². The first-order chi connectivity index (χ1) is 10.3. The molecule has 5 nitrogen and oxygen atoms in total. The minimum atomic E-state index is -0.562. The van der Waals surface area contributed by atoms with E-state index in [1.807, 2.05) is 13.0 Å². The molecule has 1 saturated heterocycles. The average molecular weight is 308 g/mol. The Labute approximate surface area is 131 Å². The highest BCUT2D eigenvalue weighted by atomic mass is 16.6. The van der Waals surface area contributed by atoms with Crippen molar-refractivity contribution in [3.63, 3.8) is 0 Å². The molecule has 5 heteroatoms. The Kier molecular flexibility index (Phi) is 5.06. The van der Waals surface area contributed by atoms with Crippen molar-refractivity contribution in [1.29, 1.82) is 0 Å². The van der Waals surface area contributed by atoms with Crippen LogP contribution < -0.4 is 0 Å². The van der Waals surface area contributed by atoms with Crippen molar-refractivity contribution in [3.05, 3.63) is 23.8 Å². The summed E-state index contributed by atoms with van der Waals surface area (Å²) in [6.07, 6.45) is 2.56. The van der Waals surface area contributed by atoms with Gasteiger partial charge in [-0.1, -0.05) is 19.6 Å². The van der Waals surface area contributed by atoms with Gasteiger partial charge in [0.25, 0.3) is 0 Å². The zero-order chi connectivity index (χ0) is 16.4. The molecule has 2 rings (SSSR count). The highest BCUT2D eigenvalue weighted by Crippen LogP contribution is 2.39. The first-order valence-electron chi connectivity index (χ1n) is 7.74. The first-order valence-corrected chi connectivity index (χ1v) is 7.74. The Bertz CT molecular complexity index is 505. The predicted octanol–water partition coefficient (Wildman–Crippen LogP) is 2.14. The monoisotopic (exact) mass is 308 g/mol. The molecule has 1 aliphatic carbocycles. The molecule has 5 atom stereocenters. The molecule has 122 valence electrons. The van der Waals surface area contributed by atoms with Crippen LogP contribution in [0.15, 0.2) is 23.8 Å². The third-order valence-corrected chi connectivity index (χ3v) is 4.41. The molecule has 1 heterocycles. The maximum Gasteiger partial charge on any atom is 0.334 e. The molecule has 1 aliphatic heterocycles. The lowest BCUT2D eigenvalue weighted by atomic mass is 9.88. The number of aliphatic hydroxyl groups excluding tert-OH is 1. The van der Waals surface area contributed by atoms with Crippen LogP contribution in [0.4, 0.5) is 0 Å². The van der Waals surface area contributed by atoms with E-state index in [0.717, 1.165) is 5.57 Å². The topological polar surface area (TPSA) is 72.8 Å². The molecule has 0 bridgehead atoms. The number of fused-ring (bicyclic) bond motifs is 1. The summed E-state index contributed by atoms with van der Waals surface area (Å²) in [5.74, 6) is -0.563. The number of rotatable bonds is 4. The van der Waals surface area contributed by atoms with Gasteiger partial charge in [-0.15, -0.1) is 0 Å². The van der Waals surface area contributed by atoms with Crippen molar-refractivity contribution >= 4 is 11.9 Å². The third-order valence-electron chi connectivity index (χ3n) is 4.41. The fraction of sp³-hybridized carbons (Fsp3) is 0.647. The van der Waals surface area contributed by atoms with E-state index in [4.69, 9.17) is 9.47 Å². The van der Waals surface area contributed by atoms with Gasteiger partial charge >= 0.3 is 11.9 Å². The van der Waals surface area contributed by atoms with E-state index in [1.54, 1.807) is 6.92 Å². The molecule has 1 N–H and O–H groups in total. The summed E-state index contributed by atoms with van der Waals surface area (Å²) in [6.45, 7) is 8.90. The summed E-state index contributed by atoms with van der Waals surface area (Å²) in [4.78, 5) is 23.0. The molecule has 0 spiro atoms. The number of esters is 2. The van der Waals surface area contributed by atoms with Crippen LogP contribution in [0.5, 0.6) is 0 Å². The van der Waals surface area contributed by atoms with E-state index >= 15 is 0 Å². The summed E-state index contributed by atoms with van der Waals surface area (Å²) >= 11 is 0. The van der Waals surface area contributed by atoms with Gasteiger partial charge in [0.1, 0.15) is 12.2 Å². The Morgan fingerprint density at radius 1 is 1.59 bits per heavy atom. The summed E-state index contributed by atoms with van der Waals surface area (Å²) in [7, 11) is 0. The first kappa shape index (κ1) is 16.7. The number of allylic oxidation sites excluding steroid dienone is 1. The van der Waals surface area contributed by atoms with E-state index in [-0.39, 0.29) is 29.9 Å². The zero-order valence-corrected chi connectivity index (χ0v) is 13.4. The van der Waals surface area contributed by atoms with Crippen molar-refractivity contribution in [2.45, 2.75) is 58.3 Å². The van der Waals surface area contributed by atoms with E-state index < -0.39 is 12.2 Å². The largest absolute Gasteiger partial charge is 0.458 e. The lowest BCUT2D eigenvalue weighted by molar-refractivity contribution is -0.145. The number of carbonyl (C=O) groups excluding carboxylic acids is 2. The summed E-state index contributed by atoms with van der Waals surface area (Å²) in [5, 5.41) is 9.66. The molecule has 1 fully saturated rings. The molecule has 2 aliphatic rings. The van der Waals surface area contributed by atoms with Gasteiger partial charge in [0.2, 0.25) is 0 Å². The van der Waals surface area contributed by atoms with Crippen molar-refractivity contribution < 1.29 is 24.2 Å². The lowest BCUT2D eigenvalue weighted by Crippen LogP contribution is -2.27. The van der Waals surface area contributed by atoms with E-state index in [1.165, 1.54) is 6.92 Å². The maximum absolute atomic E-state index is 11.6. The number of hydrogen-bond donors (Lipinski definition) is 1. The highest BCUT2D eigenvalue weighted by molar-refractivity contribution is 5.90. The van der Waals surface area contributed by atoms with Crippen LogP contribution in [0.3, 0.4) is 0 Å². The highest BCUT2D eigenvalue weighted by Gasteiger charge is 2.41. The minimum Gasteiger partial charge on any atom is -0.458 e. The van der Waals surface area contributed by atoms with Crippen LogP contribution in [-0.4, -0.2) is 35.4 Å². The van der Waals surface area contributed by atoms with Gasteiger partial charge in [-0.3, -0.25) is 4.79 Å². The molecular formula is C17H24O5. The molecule has 22 heavy (non-hydrogen) atoms. The quantitative estimate of drug-likeness (QED) is 0.489.